The summed E-state index contributed by atoms with van der Waals surface area (Å²) in [5.74, 6) is 1.07. The summed E-state index contributed by atoms with van der Waals surface area (Å²) < 4.78 is 19.2. The average molecular weight is 327 g/mol. The minimum atomic E-state index is -0.280. The fourth-order valence-corrected chi connectivity index (χ4v) is 2.84. The normalized spacial score (nSPS) is 12.2. The predicted octanol–water partition coefficient (Wildman–Crippen LogP) is 5.13. The van der Waals surface area contributed by atoms with Crippen molar-refractivity contribution in [2.45, 2.75) is 12.8 Å². The Labute approximate surface area is 134 Å². The summed E-state index contributed by atoms with van der Waals surface area (Å²) in [6, 6.07) is 12.5. The fraction of sp³-hybridized carbons (Fsp3) is 0.294. The molecule has 0 fully saturated rings. The van der Waals surface area contributed by atoms with Crippen LogP contribution in [0.3, 0.4) is 0 Å². The van der Waals surface area contributed by atoms with E-state index >= 15 is 0 Å². The van der Waals surface area contributed by atoms with Crippen LogP contribution in [0, 0.1) is 11.7 Å². The number of para-hydroxylation sites is 1. The van der Waals surface area contributed by atoms with Crippen molar-refractivity contribution in [2.75, 3.05) is 13.0 Å². The first-order chi connectivity index (χ1) is 10.2. The van der Waals surface area contributed by atoms with E-state index in [0.717, 1.165) is 17.7 Å². The summed E-state index contributed by atoms with van der Waals surface area (Å²) in [7, 11) is 1.64. The van der Waals surface area contributed by atoms with Crippen LogP contribution in [0.4, 0.5) is 4.39 Å². The van der Waals surface area contributed by atoms with Crippen LogP contribution in [0.5, 0.6) is 5.75 Å². The lowest BCUT2D eigenvalue weighted by Crippen LogP contribution is -2.12. The van der Waals surface area contributed by atoms with Crippen molar-refractivity contribution in [3.8, 4) is 5.75 Å². The third-order valence-electron chi connectivity index (χ3n) is 3.47. The zero-order valence-corrected chi connectivity index (χ0v) is 13.3. The molecule has 1 atom stereocenters. The SMILES string of the molecule is COc1ccccc1CC(CCl)Cc1c(F)cccc1Cl. The monoisotopic (exact) mass is 326 g/mol. The second-order valence-corrected chi connectivity index (χ2v) is 5.66. The number of ether oxygens (including phenoxy) is 1. The summed E-state index contributed by atoms with van der Waals surface area (Å²) in [5, 5.41) is 0.449. The van der Waals surface area contributed by atoms with Gasteiger partial charge in [0.25, 0.3) is 0 Å². The number of alkyl halides is 1. The Morgan fingerprint density at radius 3 is 2.52 bits per heavy atom. The first kappa shape index (κ1) is 16.1. The lowest BCUT2D eigenvalue weighted by atomic mass is 9.93. The van der Waals surface area contributed by atoms with E-state index in [9.17, 15) is 4.39 Å². The maximum absolute atomic E-state index is 13.9. The van der Waals surface area contributed by atoms with E-state index in [1.807, 2.05) is 24.3 Å². The molecule has 0 spiro atoms. The molecular weight excluding hydrogens is 310 g/mol. The summed E-state index contributed by atoms with van der Waals surface area (Å²) in [4.78, 5) is 0. The van der Waals surface area contributed by atoms with Crippen molar-refractivity contribution >= 4 is 23.2 Å². The first-order valence-electron chi connectivity index (χ1n) is 6.76. The van der Waals surface area contributed by atoms with Crippen molar-refractivity contribution in [2.24, 2.45) is 5.92 Å². The van der Waals surface area contributed by atoms with Crippen LogP contribution in [0.15, 0.2) is 42.5 Å². The van der Waals surface area contributed by atoms with E-state index in [1.54, 1.807) is 19.2 Å². The molecule has 0 aliphatic heterocycles. The van der Waals surface area contributed by atoms with Crippen LogP contribution in [0.25, 0.3) is 0 Å². The van der Waals surface area contributed by atoms with Crippen LogP contribution in [-0.2, 0) is 12.8 Å². The van der Waals surface area contributed by atoms with E-state index in [2.05, 4.69) is 0 Å². The molecule has 2 aromatic carbocycles. The molecule has 1 unspecified atom stereocenters. The van der Waals surface area contributed by atoms with E-state index in [4.69, 9.17) is 27.9 Å². The van der Waals surface area contributed by atoms with Gasteiger partial charge in [-0.1, -0.05) is 35.9 Å². The quantitative estimate of drug-likeness (QED) is 0.669. The van der Waals surface area contributed by atoms with E-state index in [-0.39, 0.29) is 11.7 Å². The molecule has 21 heavy (non-hydrogen) atoms. The highest BCUT2D eigenvalue weighted by Gasteiger charge is 2.16. The molecule has 4 heteroatoms. The molecule has 0 saturated heterocycles. The van der Waals surface area contributed by atoms with Gasteiger partial charge in [-0.3, -0.25) is 0 Å². The lowest BCUT2D eigenvalue weighted by Gasteiger charge is -2.17. The van der Waals surface area contributed by atoms with Gasteiger partial charge >= 0.3 is 0 Å². The first-order valence-corrected chi connectivity index (χ1v) is 7.67. The van der Waals surface area contributed by atoms with Gasteiger partial charge in [-0.2, -0.15) is 0 Å². The van der Waals surface area contributed by atoms with Crippen LogP contribution < -0.4 is 4.74 Å². The third kappa shape index (κ3) is 4.12. The summed E-state index contributed by atoms with van der Waals surface area (Å²) >= 11 is 12.1. The molecular formula is C17H17Cl2FO. The van der Waals surface area contributed by atoms with Crippen LogP contribution in [-0.4, -0.2) is 13.0 Å². The van der Waals surface area contributed by atoms with Crippen molar-refractivity contribution in [3.63, 3.8) is 0 Å². The third-order valence-corrected chi connectivity index (χ3v) is 4.26. The Kier molecular flexibility index (Phi) is 5.89. The standard InChI is InChI=1S/C17H17Cl2FO/c1-21-17-8-3-2-5-13(17)9-12(11-18)10-14-15(19)6-4-7-16(14)20/h2-8,12H,9-11H2,1H3. The molecule has 0 amide bonds. The van der Waals surface area contributed by atoms with Gasteiger partial charge in [0, 0.05) is 16.5 Å². The molecule has 2 aromatic rings. The largest absolute Gasteiger partial charge is 0.496 e. The summed E-state index contributed by atoms with van der Waals surface area (Å²) in [5.41, 5.74) is 1.60. The van der Waals surface area contributed by atoms with Crippen molar-refractivity contribution < 1.29 is 9.13 Å². The van der Waals surface area contributed by atoms with Crippen LogP contribution in [0.1, 0.15) is 11.1 Å². The van der Waals surface area contributed by atoms with E-state index in [0.29, 0.717) is 22.9 Å². The fourth-order valence-electron chi connectivity index (χ4n) is 2.38. The molecule has 2 rings (SSSR count). The van der Waals surface area contributed by atoms with Crippen LogP contribution in [0.2, 0.25) is 5.02 Å². The maximum atomic E-state index is 13.9. The second-order valence-electron chi connectivity index (χ2n) is 4.94. The Morgan fingerprint density at radius 2 is 1.86 bits per heavy atom. The zero-order chi connectivity index (χ0) is 15.2. The van der Waals surface area contributed by atoms with Crippen molar-refractivity contribution in [1.82, 2.24) is 0 Å². The molecule has 0 bridgehead atoms. The minimum Gasteiger partial charge on any atom is -0.496 e. The Bertz CT molecular complexity index is 581. The molecule has 0 aromatic heterocycles. The molecule has 0 N–H and O–H groups in total. The number of methoxy groups -OCH3 is 1. The van der Waals surface area contributed by atoms with Gasteiger partial charge in [0.15, 0.2) is 0 Å². The Morgan fingerprint density at radius 1 is 1.10 bits per heavy atom. The van der Waals surface area contributed by atoms with Crippen LogP contribution >= 0.6 is 23.2 Å². The molecule has 1 nitrogen and oxygen atoms in total. The average Bonchev–Trinajstić information content (AvgIpc) is 2.50. The molecule has 0 aliphatic rings. The van der Waals surface area contributed by atoms with Gasteiger partial charge in [-0.25, -0.2) is 4.39 Å². The van der Waals surface area contributed by atoms with E-state index in [1.165, 1.54) is 6.07 Å². The zero-order valence-electron chi connectivity index (χ0n) is 11.8. The predicted molar refractivity (Wildman–Crippen MR) is 86.0 cm³/mol. The highest BCUT2D eigenvalue weighted by Crippen LogP contribution is 2.27. The number of benzene rings is 2. The maximum Gasteiger partial charge on any atom is 0.127 e. The van der Waals surface area contributed by atoms with Gasteiger partial charge in [0.2, 0.25) is 0 Å². The highest BCUT2D eigenvalue weighted by atomic mass is 35.5. The van der Waals surface area contributed by atoms with Gasteiger partial charge in [-0.05, 0) is 42.5 Å². The Balaban J connectivity index is 2.17. The number of hydrogen-bond acceptors (Lipinski definition) is 1. The molecule has 0 aliphatic carbocycles. The van der Waals surface area contributed by atoms with Gasteiger partial charge in [0.1, 0.15) is 11.6 Å². The summed E-state index contributed by atoms with van der Waals surface area (Å²) in [6.07, 6.45) is 1.23. The van der Waals surface area contributed by atoms with Crippen molar-refractivity contribution in [3.05, 3.63) is 64.4 Å². The second kappa shape index (κ2) is 7.67. The van der Waals surface area contributed by atoms with E-state index < -0.39 is 0 Å². The topological polar surface area (TPSA) is 9.23 Å². The number of hydrogen-bond donors (Lipinski definition) is 0. The van der Waals surface area contributed by atoms with Gasteiger partial charge in [0.05, 0.1) is 7.11 Å². The molecule has 0 radical (unpaired) electrons. The molecule has 0 saturated carbocycles. The van der Waals surface area contributed by atoms with Gasteiger partial charge in [-0.15, -0.1) is 11.6 Å². The van der Waals surface area contributed by atoms with Gasteiger partial charge < -0.3 is 4.74 Å². The Hall–Kier alpha value is -1.25. The minimum absolute atomic E-state index is 0.0948. The highest BCUT2D eigenvalue weighted by molar-refractivity contribution is 6.31. The van der Waals surface area contributed by atoms with Crippen molar-refractivity contribution in [1.29, 1.82) is 0 Å². The lowest BCUT2D eigenvalue weighted by molar-refractivity contribution is 0.405. The number of halogens is 3. The smallest absolute Gasteiger partial charge is 0.127 e. The summed E-state index contributed by atoms with van der Waals surface area (Å²) in [6.45, 7) is 0. The molecule has 0 heterocycles. The molecule has 112 valence electrons. The number of rotatable bonds is 6.